The number of nitrogens with zero attached hydrogens (tertiary/aromatic N) is 4. The highest BCUT2D eigenvalue weighted by molar-refractivity contribution is 6.19. The Morgan fingerprint density at radius 2 is 0.716 bits per heavy atom. The van der Waals surface area contributed by atoms with Crippen molar-refractivity contribution < 1.29 is 0 Å². The van der Waals surface area contributed by atoms with Crippen LogP contribution in [0.15, 0.2) is 255 Å². The van der Waals surface area contributed by atoms with Gasteiger partial charge in [0, 0.05) is 22.3 Å². The lowest BCUT2D eigenvalue weighted by molar-refractivity contribution is 1.07. The molecule has 0 radical (unpaired) electrons. The van der Waals surface area contributed by atoms with Crippen LogP contribution in [0.3, 0.4) is 0 Å². The molecule has 0 saturated heterocycles. The molecule has 0 bridgehead atoms. The number of nitriles is 1. The van der Waals surface area contributed by atoms with Crippen LogP contribution in [0.5, 0.6) is 0 Å². The third-order valence-electron chi connectivity index (χ3n) is 14.8. The fourth-order valence-electron chi connectivity index (χ4n) is 11.3. The summed E-state index contributed by atoms with van der Waals surface area (Å²) in [4.78, 5) is 15.3. The first-order chi connectivity index (χ1) is 36.6. The summed E-state index contributed by atoms with van der Waals surface area (Å²) >= 11 is 0. The lowest BCUT2D eigenvalue weighted by atomic mass is 9.85. The van der Waals surface area contributed by atoms with Crippen molar-refractivity contribution >= 4 is 32.3 Å². The van der Waals surface area contributed by atoms with Gasteiger partial charge in [0.1, 0.15) is 0 Å². The van der Waals surface area contributed by atoms with Gasteiger partial charge in [-0.2, -0.15) is 5.26 Å². The van der Waals surface area contributed by atoms with Crippen LogP contribution < -0.4 is 0 Å². The van der Waals surface area contributed by atoms with E-state index in [1.165, 1.54) is 60.1 Å². The van der Waals surface area contributed by atoms with Crippen LogP contribution in [0.2, 0.25) is 0 Å². The van der Waals surface area contributed by atoms with Crippen molar-refractivity contribution in [3.8, 4) is 118 Å². The topological polar surface area (TPSA) is 62.5 Å². The van der Waals surface area contributed by atoms with Crippen LogP contribution in [0.4, 0.5) is 0 Å². The van der Waals surface area contributed by atoms with Crippen LogP contribution in [0, 0.1) is 11.3 Å². The van der Waals surface area contributed by atoms with Gasteiger partial charge < -0.3 is 0 Å². The predicted octanol–water partition coefficient (Wildman–Crippen LogP) is 18.2. The van der Waals surface area contributed by atoms with Gasteiger partial charge in [-0.3, -0.25) is 0 Å². The summed E-state index contributed by atoms with van der Waals surface area (Å²) in [5.74, 6) is 1.81. The molecule has 4 nitrogen and oxygen atoms in total. The maximum Gasteiger partial charge on any atom is 0.164 e. The van der Waals surface area contributed by atoms with E-state index in [9.17, 15) is 5.26 Å². The maximum absolute atomic E-state index is 10.6. The van der Waals surface area contributed by atoms with Gasteiger partial charge in [0.2, 0.25) is 0 Å². The molecule has 1 heterocycles. The van der Waals surface area contributed by atoms with Gasteiger partial charge in [0.25, 0.3) is 0 Å². The van der Waals surface area contributed by atoms with Gasteiger partial charge >= 0.3 is 0 Å². The zero-order chi connectivity index (χ0) is 49.1. The normalized spacial score (nSPS) is 11.5. The molecule has 74 heavy (non-hydrogen) atoms. The minimum atomic E-state index is 0.592. The van der Waals surface area contributed by atoms with E-state index in [2.05, 4.69) is 218 Å². The third-order valence-corrected chi connectivity index (χ3v) is 14.8. The Balaban J connectivity index is 0.813. The van der Waals surface area contributed by atoms with E-state index in [-0.39, 0.29) is 0 Å². The Labute approximate surface area is 428 Å². The molecule has 0 atom stereocenters. The minimum absolute atomic E-state index is 0.592. The van der Waals surface area contributed by atoms with Crippen molar-refractivity contribution in [2.75, 3.05) is 0 Å². The molecule has 13 aromatic rings. The maximum atomic E-state index is 10.6. The van der Waals surface area contributed by atoms with Crippen LogP contribution in [0.1, 0.15) is 5.56 Å². The van der Waals surface area contributed by atoms with Crippen LogP contribution in [-0.4, -0.2) is 15.0 Å². The van der Waals surface area contributed by atoms with E-state index in [0.717, 1.165) is 66.8 Å². The summed E-state index contributed by atoms with van der Waals surface area (Å²) in [5, 5.41) is 18.0. The molecule has 0 aliphatic heterocycles. The van der Waals surface area contributed by atoms with Crippen molar-refractivity contribution in [3.05, 3.63) is 260 Å². The standard InChI is InChI=1S/C70H42N4/c71-43-52-20-13-28-62(58-25-9-11-27-60(58)65-42-50-17-4-5-21-53(50)55-22-6-10-26-59(55)65)66(52)46-35-31-44(32-36-46)49-18-12-19-51(41-49)70-73-68(47-15-2-1-3-16-47)72-69(74-70)48-37-33-45(34-38-48)54-39-40-64-57-24-8-7-23-56(57)63-30-14-29-61(54)67(63)64/h1-42H. The molecule has 12 aromatic carbocycles. The monoisotopic (exact) mass is 938 g/mol. The Morgan fingerprint density at radius 1 is 0.257 bits per heavy atom. The predicted molar refractivity (Wildman–Crippen MR) is 305 cm³/mol. The second kappa shape index (κ2) is 17.6. The van der Waals surface area contributed by atoms with Crippen molar-refractivity contribution in [2.24, 2.45) is 0 Å². The summed E-state index contributed by atoms with van der Waals surface area (Å²) in [6, 6.07) is 92.2. The molecule has 14 rings (SSSR count). The first-order valence-corrected chi connectivity index (χ1v) is 25.0. The molecule has 4 heteroatoms. The highest BCUT2D eigenvalue weighted by Crippen LogP contribution is 2.49. The van der Waals surface area contributed by atoms with Gasteiger partial charge in [-0.15, -0.1) is 0 Å². The zero-order valence-corrected chi connectivity index (χ0v) is 40.0. The van der Waals surface area contributed by atoms with Crippen LogP contribution in [0.25, 0.3) is 144 Å². The highest BCUT2D eigenvalue weighted by Gasteiger charge is 2.23. The third kappa shape index (κ3) is 7.18. The van der Waals surface area contributed by atoms with Gasteiger partial charge in [-0.25, -0.2) is 15.0 Å². The molecular formula is C70H42N4. The van der Waals surface area contributed by atoms with E-state index >= 15 is 0 Å². The Bertz CT molecular complexity index is 4390. The molecule has 1 aromatic heterocycles. The Morgan fingerprint density at radius 3 is 1.45 bits per heavy atom. The number of hydrogen-bond acceptors (Lipinski definition) is 4. The first-order valence-electron chi connectivity index (χ1n) is 25.0. The molecular weight excluding hydrogens is 897 g/mol. The number of rotatable bonds is 8. The van der Waals surface area contributed by atoms with Gasteiger partial charge in [0.15, 0.2) is 17.5 Å². The summed E-state index contributed by atoms with van der Waals surface area (Å²) in [6.45, 7) is 0. The molecule has 1 aliphatic rings. The zero-order valence-electron chi connectivity index (χ0n) is 40.0. The van der Waals surface area contributed by atoms with Gasteiger partial charge in [-0.05, 0) is 123 Å². The fraction of sp³-hybridized carbons (Fsp3) is 0. The molecule has 0 fully saturated rings. The lowest BCUT2D eigenvalue weighted by Gasteiger charge is -2.18. The molecule has 0 amide bonds. The fourth-order valence-corrected chi connectivity index (χ4v) is 11.3. The van der Waals surface area contributed by atoms with Crippen molar-refractivity contribution in [1.82, 2.24) is 15.0 Å². The number of benzene rings is 12. The average molecular weight is 939 g/mol. The number of aromatic nitrogens is 3. The molecule has 342 valence electrons. The molecule has 0 saturated carbocycles. The minimum Gasteiger partial charge on any atom is -0.208 e. The molecule has 1 aliphatic carbocycles. The first kappa shape index (κ1) is 42.8. The van der Waals surface area contributed by atoms with E-state index in [4.69, 9.17) is 15.0 Å². The average Bonchev–Trinajstić information content (AvgIpc) is 3.84. The second-order valence-corrected chi connectivity index (χ2v) is 18.9. The van der Waals surface area contributed by atoms with E-state index in [0.29, 0.717) is 23.0 Å². The SMILES string of the molecule is N#Cc1cccc(-c2ccccc2-c2cc3ccccc3c3ccccc23)c1-c1ccc(-c2cccc(-c3nc(-c4ccccc4)nc(-c4ccc(-c5ccc6c7c(cccc57)-c5ccccc5-6)cc4)n3)c2)cc1. The summed E-state index contributed by atoms with van der Waals surface area (Å²) in [7, 11) is 0. The number of hydrogen-bond donors (Lipinski definition) is 0. The van der Waals surface area contributed by atoms with Crippen LogP contribution in [-0.2, 0) is 0 Å². The summed E-state index contributed by atoms with van der Waals surface area (Å²) in [6.07, 6.45) is 0. The summed E-state index contributed by atoms with van der Waals surface area (Å²) < 4.78 is 0. The van der Waals surface area contributed by atoms with Crippen molar-refractivity contribution in [1.29, 1.82) is 5.26 Å². The van der Waals surface area contributed by atoms with Crippen molar-refractivity contribution in [2.45, 2.75) is 0 Å². The largest absolute Gasteiger partial charge is 0.208 e. The quantitative estimate of drug-likeness (QED) is 0.142. The number of fused-ring (bicyclic) bond motifs is 6. The highest BCUT2D eigenvalue weighted by atomic mass is 15.0. The molecule has 0 N–H and O–H groups in total. The lowest BCUT2D eigenvalue weighted by Crippen LogP contribution is -2.00. The summed E-state index contributed by atoms with van der Waals surface area (Å²) in [5.41, 5.74) is 19.1. The van der Waals surface area contributed by atoms with Crippen molar-refractivity contribution in [3.63, 3.8) is 0 Å². The smallest absolute Gasteiger partial charge is 0.164 e. The Kier molecular flexibility index (Phi) is 10.2. The molecule has 0 unspecified atom stereocenters. The van der Waals surface area contributed by atoms with E-state index in [1.54, 1.807) is 0 Å². The van der Waals surface area contributed by atoms with E-state index in [1.807, 2.05) is 42.5 Å². The van der Waals surface area contributed by atoms with Crippen LogP contribution >= 0.6 is 0 Å². The molecule has 0 spiro atoms. The second-order valence-electron chi connectivity index (χ2n) is 18.9. The van der Waals surface area contributed by atoms with Gasteiger partial charge in [-0.1, -0.05) is 237 Å². The van der Waals surface area contributed by atoms with E-state index < -0.39 is 0 Å². The Hall–Kier alpha value is -10.1. The van der Waals surface area contributed by atoms with Gasteiger partial charge in [0.05, 0.1) is 11.6 Å².